The maximum absolute atomic E-state index is 13.3. The van der Waals surface area contributed by atoms with Gasteiger partial charge in [0.1, 0.15) is 26.3 Å². The standard InChI is InChI=1S/C22H16F3N3O6S3/c23-22(24,25)34-16-8-12(1-2-18(16)37(30,31)28-3-5-32-6-4-28)15-11-26-10-13-7-14(33-19(13)15)9-17-20(29)27-21(35)36-17/h1-2,7-11H,3-6H2,(H,27,29,35). The molecule has 0 radical (unpaired) electrons. The molecule has 1 N–H and O–H groups in total. The van der Waals surface area contributed by atoms with Gasteiger partial charge in [0.25, 0.3) is 5.91 Å². The largest absolute Gasteiger partial charge is 0.573 e. The Bertz CT molecular complexity index is 1550. The van der Waals surface area contributed by atoms with Crippen molar-refractivity contribution in [1.82, 2.24) is 14.6 Å². The second-order valence-corrected chi connectivity index (χ2v) is 11.5. The lowest BCUT2D eigenvalue weighted by Crippen LogP contribution is -2.40. The third-order valence-electron chi connectivity index (χ3n) is 5.43. The molecule has 1 aromatic carbocycles. The molecule has 2 aromatic heterocycles. The molecule has 194 valence electrons. The van der Waals surface area contributed by atoms with Crippen LogP contribution in [0.25, 0.3) is 28.2 Å². The molecular formula is C22H16F3N3O6S3. The van der Waals surface area contributed by atoms with E-state index in [4.69, 9.17) is 21.4 Å². The number of alkyl halides is 3. The van der Waals surface area contributed by atoms with E-state index in [2.05, 4.69) is 15.0 Å². The first-order chi connectivity index (χ1) is 17.5. The summed E-state index contributed by atoms with van der Waals surface area (Å²) in [6, 6.07) is 5.01. The van der Waals surface area contributed by atoms with Crippen molar-refractivity contribution in [2.24, 2.45) is 0 Å². The summed E-state index contributed by atoms with van der Waals surface area (Å²) >= 11 is 6.04. The summed E-state index contributed by atoms with van der Waals surface area (Å²) in [6.07, 6.45) is -0.791. The van der Waals surface area contributed by atoms with Gasteiger partial charge in [-0.05, 0) is 23.8 Å². The highest BCUT2D eigenvalue weighted by Crippen LogP contribution is 2.38. The van der Waals surface area contributed by atoms with Gasteiger partial charge in [-0.3, -0.25) is 9.78 Å². The molecule has 15 heteroatoms. The fourth-order valence-electron chi connectivity index (χ4n) is 3.83. The monoisotopic (exact) mass is 571 g/mol. The number of nitrogens with zero attached hydrogens (tertiary/aromatic N) is 2. The first-order valence-corrected chi connectivity index (χ1v) is 13.3. The summed E-state index contributed by atoms with van der Waals surface area (Å²) < 4.78 is 82.5. The number of amides is 1. The number of pyridine rings is 1. The third-order valence-corrected chi connectivity index (χ3v) is 8.53. The van der Waals surface area contributed by atoms with Gasteiger partial charge in [0.15, 0.2) is 0 Å². The molecule has 37 heavy (non-hydrogen) atoms. The minimum Gasteiger partial charge on any atom is -0.456 e. The van der Waals surface area contributed by atoms with Crippen molar-refractivity contribution in [3.8, 4) is 16.9 Å². The summed E-state index contributed by atoms with van der Waals surface area (Å²) in [5, 5.41) is 3.00. The molecule has 4 heterocycles. The van der Waals surface area contributed by atoms with Gasteiger partial charge in [0.2, 0.25) is 10.0 Å². The predicted molar refractivity (Wildman–Crippen MR) is 132 cm³/mol. The highest BCUT2D eigenvalue weighted by Gasteiger charge is 2.36. The Kier molecular flexibility index (Phi) is 6.74. The Labute approximate surface area is 217 Å². The summed E-state index contributed by atoms with van der Waals surface area (Å²) in [6.45, 7) is 0.266. The van der Waals surface area contributed by atoms with Crippen LogP contribution in [0.3, 0.4) is 0 Å². The molecule has 3 aromatic rings. The van der Waals surface area contributed by atoms with Crippen molar-refractivity contribution in [3.05, 3.63) is 47.3 Å². The number of aromatic nitrogens is 1. The van der Waals surface area contributed by atoms with E-state index < -0.39 is 27.0 Å². The molecule has 0 atom stereocenters. The lowest BCUT2D eigenvalue weighted by molar-refractivity contribution is -0.275. The Balaban J connectivity index is 1.58. The number of nitrogens with one attached hydrogen (secondary N) is 1. The Morgan fingerprint density at radius 3 is 2.62 bits per heavy atom. The molecule has 1 amide bonds. The Hall–Kier alpha value is -2.98. The lowest BCUT2D eigenvalue weighted by atomic mass is 10.1. The summed E-state index contributed by atoms with van der Waals surface area (Å²) in [4.78, 5) is 15.8. The van der Waals surface area contributed by atoms with Gasteiger partial charge in [-0.25, -0.2) is 8.42 Å². The molecule has 2 aliphatic rings. The van der Waals surface area contributed by atoms with E-state index in [1.807, 2.05) is 0 Å². The second kappa shape index (κ2) is 9.72. The van der Waals surface area contributed by atoms with E-state index in [1.165, 1.54) is 24.5 Å². The molecule has 0 bridgehead atoms. The van der Waals surface area contributed by atoms with E-state index in [1.54, 1.807) is 6.07 Å². The predicted octanol–water partition coefficient (Wildman–Crippen LogP) is 3.90. The van der Waals surface area contributed by atoms with Gasteiger partial charge in [0.05, 0.1) is 18.1 Å². The molecule has 0 aliphatic carbocycles. The van der Waals surface area contributed by atoms with Crippen molar-refractivity contribution in [2.45, 2.75) is 11.3 Å². The van der Waals surface area contributed by atoms with Crippen LogP contribution in [0.2, 0.25) is 0 Å². The number of carbonyl (C=O) groups excluding carboxylic acids is 1. The van der Waals surface area contributed by atoms with Crippen molar-refractivity contribution in [3.63, 3.8) is 0 Å². The number of thioether (sulfide) groups is 1. The minimum absolute atomic E-state index is 0.00444. The molecule has 2 fully saturated rings. The quantitative estimate of drug-likeness (QED) is 0.360. The minimum atomic E-state index is -5.14. The number of thiocarbonyl (C=S) groups is 1. The number of hydrogen-bond donors (Lipinski definition) is 1. The van der Waals surface area contributed by atoms with Gasteiger partial charge in [-0.2, -0.15) is 4.31 Å². The van der Waals surface area contributed by atoms with Crippen molar-refractivity contribution < 1.29 is 40.3 Å². The molecule has 9 nitrogen and oxygen atoms in total. The molecule has 2 saturated heterocycles. The van der Waals surface area contributed by atoms with Crippen LogP contribution in [0.5, 0.6) is 5.75 Å². The summed E-state index contributed by atoms with van der Waals surface area (Å²) in [5.74, 6) is -0.959. The maximum atomic E-state index is 13.3. The number of hydrogen-bond acceptors (Lipinski definition) is 9. The normalized spacial score (nSPS) is 18.5. The van der Waals surface area contributed by atoms with Gasteiger partial charge >= 0.3 is 6.36 Å². The smallest absolute Gasteiger partial charge is 0.456 e. The number of halogens is 3. The van der Waals surface area contributed by atoms with Crippen LogP contribution in [0, 0.1) is 0 Å². The molecule has 0 unspecified atom stereocenters. The van der Waals surface area contributed by atoms with Crippen LogP contribution >= 0.6 is 24.0 Å². The molecule has 2 aliphatic heterocycles. The van der Waals surface area contributed by atoms with E-state index in [0.29, 0.717) is 25.9 Å². The molecule has 5 rings (SSSR count). The van der Waals surface area contributed by atoms with Gasteiger partial charge in [-0.15, -0.1) is 13.2 Å². The first-order valence-electron chi connectivity index (χ1n) is 10.6. The number of carbonyl (C=O) groups is 1. The highest BCUT2D eigenvalue weighted by molar-refractivity contribution is 8.26. The van der Waals surface area contributed by atoms with E-state index >= 15 is 0 Å². The summed E-state index contributed by atoms with van der Waals surface area (Å²) in [7, 11) is -4.29. The Morgan fingerprint density at radius 1 is 1.19 bits per heavy atom. The maximum Gasteiger partial charge on any atom is 0.573 e. The molecule has 0 saturated carbocycles. The third kappa shape index (κ3) is 5.36. The number of morpholine rings is 1. The van der Waals surface area contributed by atoms with Crippen molar-refractivity contribution in [1.29, 1.82) is 0 Å². The van der Waals surface area contributed by atoms with Crippen LogP contribution < -0.4 is 10.1 Å². The molecule has 0 spiro atoms. The number of rotatable bonds is 5. The van der Waals surface area contributed by atoms with Crippen molar-refractivity contribution in [2.75, 3.05) is 26.3 Å². The Morgan fingerprint density at radius 2 is 1.95 bits per heavy atom. The SMILES string of the molecule is O=C1NC(=S)SC1=Cc1cc2cncc(-c3ccc(S(=O)(=O)N4CCOCC4)c(OC(F)(F)F)c3)c2o1. The van der Waals surface area contributed by atoms with Gasteiger partial charge in [0, 0.05) is 42.5 Å². The highest BCUT2D eigenvalue weighted by atomic mass is 32.2. The number of furan rings is 1. The number of fused-ring (bicyclic) bond motifs is 1. The lowest BCUT2D eigenvalue weighted by Gasteiger charge is -2.27. The average molecular weight is 572 g/mol. The van der Waals surface area contributed by atoms with Crippen molar-refractivity contribution >= 4 is 61.3 Å². The van der Waals surface area contributed by atoms with Crippen LogP contribution in [0.15, 0.2) is 50.9 Å². The van der Waals surface area contributed by atoms with E-state index in [9.17, 15) is 26.4 Å². The van der Waals surface area contributed by atoms with Gasteiger partial charge < -0.3 is 19.2 Å². The molecular weight excluding hydrogens is 555 g/mol. The second-order valence-electron chi connectivity index (χ2n) is 7.83. The topological polar surface area (TPSA) is 111 Å². The van der Waals surface area contributed by atoms with Crippen LogP contribution in [-0.4, -0.2) is 60.6 Å². The number of benzene rings is 1. The zero-order chi connectivity index (χ0) is 26.4. The zero-order valence-electron chi connectivity index (χ0n) is 18.6. The fraction of sp³-hybridized carbons (Fsp3) is 0.227. The van der Waals surface area contributed by atoms with Crippen LogP contribution in [0.1, 0.15) is 5.76 Å². The average Bonchev–Trinajstić information content (AvgIpc) is 3.39. The number of ether oxygens (including phenoxy) is 2. The summed E-state index contributed by atoms with van der Waals surface area (Å²) in [5.41, 5.74) is 0.749. The number of sulfonamides is 1. The van der Waals surface area contributed by atoms with E-state index in [0.717, 1.165) is 28.2 Å². The van der Waals surface area contributed by atoms with Gasteiger partial charge in [-0.1, -0.05) is 30.0 Å². The van der Waals surface area contributed by atoms with Crippen LogP contribution in [-0.2, 0) is 19.6 Å². The van der Waals surface area contributed by atoms with E-state index in [-0.39, 0.29) is 43.4 Å². The zero-order valence-corrected chi connectivity index (χ0v) is 21.0. The first kappa shape index (κ1) is 25.7. The fourth-order valence-corrected chi connectivity index (χ4v) is 6.36. The van der Waals surface area contributed by atoms with Crippen LogP contribution in [0.4, 0.5) is 13.2 Å².